The summed E-state index contributed by atoms with van der Waals surface area (Å²) >= 11 is 6.03. The third-order valence-corrected chi connectivity index (χ3v) is 4.33. The van der Waals surface area contributed by atoms with Crippen molar-refractivity contribution in [2.24, 2.45) is 0 Å². The Morgan fingerprint density at radius 1 is 1.36 bits per heavy atom. The summed E-state index contributed by atoms with van der Waals surface area (Å²) in [5.74, 6) is 2.65. The molecule has 0 bridgehead atoms. The fourth-order valence-corrected chi connectivity index (χ4v) is 3.02. The first-order chi connectivity index (χ1) is 12.2. The molecule has 1 atom stereocenters. The van der Waals surface area contributed by atoms with Gasteiger partial charge < -0.3 is 20.3 Å². The van der Waals surface area contributed by atoms with Gasteiger partial charge in [0, 0.05) is 32.2 Å². The molecule has 1 saturated heterocycles. The number of halogens is 1. The molecule has 2 N–H and O–H groups in total. The van der Waals surface area contributed by atoms with E-state index < -0.39 is 0 Å². The lowest BCUT2D eigenvalue weighted by Gasteiger charge is -2.26. The molecule has 1 fully saturated rings. The summed E-state index contributed by atoms with van der Waals surface area (Å²) < 4.78 is 5.41. The van der Waals surface area contributed by atoms with Gasteiger partial charge in [-0.25, -0.2) is 15.0 Å². The van der Waals surface area contributed by atoms with Gasteiger partial charge in [-0.15, -0.1) is 0 Å². The van der Waals surface area contributed by atoms with Crippen LogP contribution < -0.4 is 20.3 Å². The fraction of sp³-hybridized carbons (Fsp3) is 0.500. The molecule has 0 radical (unpaired) electrons. The van der Waals surface area contributed by atoms with Crippen LogP contribution in [0.1, 0.15) is 19.8 Å². The van der Waals surface area contributed by atoms with E-state index in [2.05, 4.69) is 35.5 Å². The number of nitrogens with zero attached hydrogens (tertiary/aromatic N) is 5. The van der Waals surface area contributed by atoms with Gasteiger partial charge in [0.05, 0.1) is 12.8 Å². The van der Waals surface area contributed by atoms with Gasteiger partial charge in [-0.1, -0.05) is 11.6 Å². The van der Waals surface area contributed by atoms with Crippen LogP contribution in [-0.2, 0) is 0 Å². The summed E-state index contributed by atoms with van der Waals surface area (Å²) in [7, 11) is 1.85. The van der Waals surface area contributed by atoms with E-state index in [-0.39, 0.29) is 0 Å². The Labute approximate surface area is 152 Å². The predicted molar refractivity (Wildman–Crippen MR) is 98.6 cm³/mol. The second-order valence-electron chi connectivity index (χ2n) is 5.66. The summed E-state index contributed by atoms with van der Waals surface area (Å²) in [5, 5.41) is 6.74. The molecule has 3 heterocycles. The third-order valence-electron chi connectivity index (χ3n) is 4.07. The molecule has 0 saturated carbocycles. The molecule has 1 unspecified atom stereocenters. The smallest absolute Gasteiger partial charge is 0.237 e. The maximum atomic E-state index is 6.03. The van der Waals surface area contributed by atoms with Crippen LogP contribution >= 0.6 is 11.6 Å². The van der Waals surface area contributed by atoms with Crippen molar-refractivity contribution in [1.82, 2.24) is 19.9 Å². The number of nitrogens with one attached hydrogen (secondary N) is 2. The summed E-state index contributed by atoms with van der Waals surface area (Å²) in [5.41, 5.74) is 0. The normalized spacial score (nSPS) is 16.8. The molecule has 1 aliphatic heterocycles. The maximum Gasteiger partial charge on any atom is 0.237 e. The van der Waals surface area contributed by atoms with Crippen LogP contribution in [0.5, 0.6) is 5.88 Å². The second kappa shape index (κ2) is 8.15. The van der Waals surface area contributed by atoms with Crippen molar-refractivity contribution in [3.05, 3.63) is 23.6 Å². The zero-order valence-corrected chi connectivity index (χ0v) is 15.1. The third kappa shape index (κ3) is 4.19. The van der Waals surface area contributed by atoms with E-state index in [9.17, 15) is 0 Å². The molecule has 3 rings (SSSR count). The van der Waals surface area contributed by atoms with Crippen LogP contribution in [0.3, 0.4) is 0 Å². The molecule has 9 heteroatoms. The Morgan fingerprint density at radius 2 is 2.24 bits per heavy atom. The highest BCUT2D eigenvalue weighted by molar-refractivity contribution is 6.31. The van der Waals surface area contributed by atoms with Gasteiger partial charge in [-0.05, 0) is 19.8 Å². The van der Waals surface area contributed by atoms with Gasteiger partial charge in [-0.3, -0.25) is 0 Å². The average molecular weight is 364 g/mol. The highest BCUT2D eigenvalue weighted by atomic mass is 35.5. The number of aromatic nitrogens is 4. The van der Waals surface area contributed by atoms with Gasteiger partial charge in [-0.2, -0.15) is 4.98 Å². The number of rotatable bonds is 7. The Bertz CT molecular complexity index is 715. The summed E-state index contributed by atoms with van der Waals surface area (Å²) in [6.45, 7) is 4.08. The molecule has 1 aliphatic rings. The predicted octanol–water partition coefficient (Wildman–Crippen LogP) is 2.44. The minimum Gasteiger partial charge on any atom is -0.477 e. The summed E-state index contributed by atoms with van der Waals surface area (Å²) in [6, 6.07) is 2.28. The van der Waals surface area contributed by atoms with E-state index in [0.29, 0.717) is 36.0 Å². The first kappa shape index (κ1) is 17.5. The molecule has 0 aromatic carbocycles. The van der Waals surface area contributed by atoms with Gasteiger partial charge in [0.15, 0.2) is 0 Å². The van der Waals surface area contributed by atoms with Crippen LogP contribution in [0.25, 0.3) is 0 Å². The van der Waals surface area contributed by atoms with Crippen LogP contribution in [0.15, 0.2) is 18.6 Å². The van der Waals surface area contributed by atoms with Crippen LogP contribution in [0, 0.1) is 0 Å². The minimum atomic E-state index is 0.314. The lowest BCUT2D eigenvalue weighted by molar-refractivity contribution is 0.327. The molecular formula is C16H22ClN7O. The van der Waals surface area contributed by atoms with E-state index in [0.717, 1.165) is 31.0 Å². The summed E-state index contributed by atoms with van der Waals surface area (Å²) in [6.07, 6.45) is 5.34. The lowest BCUT2D eigenvalue weighted by atomic mass is 10.2. The Hall–Kier alpha value is -2.35. The number of hydrogen-bond donors (Lipinski definition) is 2. The van der Waals surface area contributed by atoms with Crippen LogP contribution in [0.2, 0.25) is 5.02 Å². The van der Waals surface area contributed by atoms with E-state index in [4.69, 9.17) is 16.3 Å². The molecule has 134 valence electrons. The molecule has 2 aromatic heterocycles. The Kier molecular flexibility index (Phi) is 5.70. The minimum absolute atomic E-state index is 0.314. The van der Waals surface area contributed by atoms with E-state index in [1.54, 1.807) is 12.5 Å². The standard InChI is InChI=1S/C16H22ClN7O/c1-3-25-15-12(17)9-20-16(23-15)19-8-11-5-4-6-24(11)14-7-13(18-2)21-10-22-14/h7,9-11H,3-6,8H2,1-2H3,(H,18,21,22)(H,19,20,23). The number of ether oxygens (including phenoxy) is 1. The zero-order chi connectivity index (χ0) is 17.6. The first-order valence-electron chi connectivity index (χ1n) is 8.37. The zero-order valence-electron chi connectivity index (χ0n) is 14.4. The molecular weight excluding hydrogens is 342 g/mol. The largest absolute Gasteiger partial charge is 0.477 e. The van der Waals surface area contributed by atoms with Gasteiger partial charge in [0.25, 0.3) is 0 Å². The number of hydrogen-bond acceptors (Lipinski definition) is 8. The van der Waals surface area contributed by atoms with E-state index in [1.165, 1.54) is 0 Å². The van der Waals surface area contributed by atoms with E-state index >= 15 is 0 Å². The van der Waals surface area contributed by atoms with Gasteiger partial charge >= 0.3 is 0 Å². The average Bonchev–Trinajstić information content (AvgIpc) is 3.11. The SMILES string of the molecule is CCOc1nc(NCC2CCCN2c2cc(NC)ncn2)ncc1Cl. The quantitative estimate of drug-likeness (QED) is 0.775. The van der Waals surface area contributed by atoms with Crippen molar-refractivity contribution in [2.75, 3.05) is 42.3 Å². The molecule has 0 amide bonds. The van der Waals surface area contributed by atoms with Crippen LogP contribution in [-0.4, -0.2) is 52.7 Å². The maximum absolute atomic E-state index is 6.03. The summed E-state index contributed by atoms with van der Waals surface area (Å²) in [4.78, 5) is 19.4. The van der Waals surface area contributed by atoms with Crippen LogP contribution in [0.4, 0.5) is 17.6 Å². The monoisotopic (exact) mass is 363 g/mol. The van der Waals surface area contributed by atoms with Crippen molar-refractivity contribution >= 4 is 29.2 Å². The molecule has 0 spiro atoms. The van der Waals surface area contributed by atoms with Crippen molar-refractivity contribution in [3.63, 3.8) is 0 Å². The highest BCUT2D eigenvalue weighted by Crippen LogP contribution is 2.26. The first-order valence-corrected chi connectivity index (χ1v) is 8.74. The molecule has 25 heavy (non-hydrogen) atoms. The Morgan fingerprint density at radius 3 is 3.04 bits per heavy atom. The fourth-order valence-electron chi connectivity index (χ4n) is 2.87. The van der Waals surface area contributed by atoms with Gasteiger partial charge in [0.1, 0.15) is 23.0 Å². The molecule has 2 aromatic rings. The Balaban J connectivity index is 1.66. The highest BCUT2D eigenvalue weighted by Gasteiger charge is 2.26. The lowest BCUT2D eigenvalue weighted by Crippen LogP contribution is -2.35. The second-order valence-corrected chi connectivity index (χ2v) is 6.07. The van der Waals surface area contributed by atoms with Crippen molar-refractivity contribution in [1.29, 1.82) is 0 Å². The van der Waals surface area contributed by atoms with Crippen molar-refractivity contribution < 1.29 is 4.74 Å². The molecule has 8 nitrogen and oxygen atoms in total. The van der Waals surface area contributed by atoms with Gasteiger partial charge in [0.2, 0.25) is 11.8 Å². The van der Waals surface area contributed by atoms with Crippen molar-refractivity contribution in [2.45, 2.75) is 25.8 Å². The van der Waals surface area contributed by atoms with E-state index in [1.807, 2.05) is 20.0 Å². The van der Waals surface area contributed by atoms with Crippen molar-refractivity contribution in [3.8, 4) is 5.88 Å². The number of anilines is 3. The molecule has 0 aliphatic carbocycles. The topological polar surface area (TPSA) is 88.1 Å².